The number of hydrogen-bond acceptors (Lipinski definition) is 2. The molecule has 1 heterocycles. The van der Waals surface area contributed by atoms with Gasteiger partial charge in [-0.25, -0.2) is 0 Å². The number of fused-ring (bicyclic) bond motifs is 1. The Labute approximate surface area is 122 Å². The molecule has 0 aliphatic carbocycles. The first-order valence-electron chi connectivity index (χ1n) is 7.72. The Kier molecular flexibility index (Phi) is 4.54. The number of furan rings is 1. The average Bonchev–Trinajstić information content (AvgIpc) is 2.80. The molecule has 2 nitrogen and oxygen atoms in total. The van der Waals surface area contributed by atoms with Crippen LogP contribution in [0.25, 0.3) is 11.0 Å². The number of hydrogen-bond donors (Lipinski definition) is 1. The van der Waals surface area contributed by atoms with Crippen molar-refractivity contribution < 1.29 is 4.42 Å². The van der Waals surface area contributed by atoms with Crippen LogP contribution < -0.4 is 5.32 Å². The minimum absolute atomic E-state index is 0.284. The molecule has 0 fully saturated rings. The predicted molar refractivity (Wildman–Crippen MR) is 86.3 cm³/mol. The Morgan fingerprint density at radius 2 is 1.85 bits per heavy atom. The fraction of sp³-hybridized carbons (Fsp3) is 0.556. The summed E-state index contributed by atoms with van der Waals surface area (Å²) >= 11 is 0. The summed E-state index contributed by atoms with van der Waals surface area (Å²) in [4.78, 5) is 0. The van der Waals surface area contributed by atoms with Crippen LogP contribution in [0.15, 0.2) is 22.6 Å². The van der Waals surface area contributed by atoms with Crippen molar-refractivity contribution in [3.63, 3.8) is 0 Å². The van der Waals surface area contributed by atoms with Crippen LogP contribution in [-0.2, 0) is 0 Å². The minimum Gasteiger partial charge on any atom is -0.459 e. The summed E-state index contributed by atoms with van der Waals surface area (Å²) in [6, 6.07) is 6.93. The maximum atomic E-state index is 6.20. The molecule has 0 saturated heterocycles. The molecule has 1 atom stereocenters. The molecule has 2 aromatic rings. The first-order valence-corrected chi connectivity index (χ1v) is 7.72. The van der Waals surface area contributed by atoms with Crippen LogP contribution in [0.4, 0.5) is 0 Å². The van der Waals surface area contributed by atoms with Crippen molar-refractivity contribution in [1.82, 2.24) is 5.32 Å². The summed E-state index contributed by atoms with van der Waals surface area (Å²) in [7, 11) is 0. The van der Waals surface area contributed by atoms with Crippen molar-refractivity contribution in [3.8, 4) is 0 Å². The SMILES string of the molecule is CCNC(c1cc2c(C(C)C)ccc(C)c2o1)C(C)C. The van der Waals surface area contributed by atoms with E-state index in [1.807, 2.05) is 0 Å². The average molecular weight is 273 g/mol. The largest absolute Gasteiger partial charge is 0.459 e. The summed E-state index contributed by atoms with van der Waals surface area (Å²) in [5.74, 6) is 2.09. The van der Waals surface area contributed by atoms with Crippen molar-refractivity contribution >= 4 is 11.0 Å². The van der Waals surface area contributed by atoms with Crippen LogP contribution in [0.1, 0.15) is 63.5 Å². The van der Waals surface area contributed by atoms with Gasteiger partial charge in [0.2, 0.25) is 0 Å². The molecule has 20 heavy (non-hydrogen) atoms. The molecule has 2 heteroatoms. The van der Waals surface area contributed by atoms with E-state index in [0.717, 1.165) is 17.9 Å². The van der Waals surface area contributed by atoms with E-state index in [0.29, 0.717) is 11.8 Å². The van der Waals surface area contributed by atoms with Gasteiger partial charge in [-0.05, 0) is 42.5 Å². The summed E-state index contributed by atoms with van der Waals surface area (Å²) in [6.07, 6.45) is 0. The molecular weight excluding hydrogens is 246 g/mol. The fourth-order valence-electron chi connectivity index (χ4n) is 2.84. The van der Waals surface area contributed by atoms with Crippen LogP contribution in [0, 0.1) is 12.8 Å². The second kappa shape index (κ2) is 6.01. The van der Waals surface area contributed by atoms with Crippen LogP contribution in [-0.4, -0.2) is 6.54 Å². The van der Waals surface area contributed by atoms with E-state index in [2.05, 4.69) is 65.1 Å². The second-order valence-electron chi connectivity index (χ2n) is 6.30. The van der Waals surface area contributed by atoms with Crippen LogP contribution in [0.5, 0.6) is 0 Å². The zero-order valence-electron chi connectivity index (χ0n) is 13.6. The molecular formula is C18H27NO. The van der Waals surface area contributed by atoms with E-state index < -0.39 is 0 Å². The number of nitrogens with one attached hydrogen (secondary N) is 1. The predicted octanol–water partition coefficient (Wildman–Crippen LogP) is 5.17. The monoisotopic (exact) mass is 273 g/mol. The summed E-state index contributed by atoms with van der Waals surface area (Å²) in [5, 5.41) is 4.81. The Bertz CT molecular complexity index is 580. The lowest BCUT2D eigenvalue weighted by molar-refractivity contribution is 0.356. The van der Waals surface area contributed by atoms with Gasteiger partial charge in [0.05, 0.1) is 6.04 Å². The van der Waals surface area contributed by atoms with Crippen LogP contribution in [0.2, 0.25) is 0 Å². The fourth-order valence-corrected chi connectivity index (χ4v) is 2.84. The van der Waals surface area contributed by atoms with Gasteiger partial charge in [0.15, 0.2) is 0 Å². The third-order valence-corrected chi connectivity index (χ3v) is 3.95. The number of rotatable bonds is 5. The standard InChI is InChI=1S/C18H27NO/c1-7-19-17(12(4)5)16-10-15-14(11(2)3)9-8-13(6)18(15)20-16/h8-12,17,19H,7H2,1-6H3. The molecule has 0 amide bonds. The Hall–Kier alpha value is -1.28. The second-order valence-corrected chi connectivity index (χ2v) is 6.30. The minimum atomic E-state index is 0.284. The van der Waals surface area contributed by atoms with Gasteiger partial charge in [0.1, 0.15) is 11.3 Å². The molecule has 1 aromatic heterocycles. The first-order chi connectivity index (χ1) is 9.45. The Morgan fingerprint density at radius 1 is 1.15 bits per heavy atom. The number of aryl methyl sites for hydroxylation is 1. The van der Waals surface area contributed by atoms with E-state index in [1.165, 1.54) is 16.5 Å². The highest BCUT2D eigenvalue weighted by Gasteiger charge is 2.21. The van der Waals surface area contributed by atoms with Gasteiger partial charge >= 0.3 is 0 Å². The molecule has 0 aliphatic heterocycles. The lowest BCUT2D eigenvalue weighted by Crippen LogP contribution is -2.24. The van der Waals surface area contributed by atoms with Gasteiger partial charge in [-0.2, -0.15) is 0 Å². The van der Waals surface area contributed by atoms with Crippen molar-refractivity contribution in [2.45, 2.75) is 53.5 Å². The molecule has 0 spiro atoms. The Balaban J connectivity index is 2.57. The maximum Gasteiger partial charge on any atom is 0.137 e. The van der Waals surface area contributed by atoms with Gasteiger partial charge in [-0.15, -0.1) is 0 Å². The highest BCUT2D eigenvalue weighted by Crippen LogP contribution is 2.34. The smallest absolute Gasteiger partial charge is 0.137 e. The quantitative estimate of drug-likeness (QED) is 0.813. The zero-order chi connectivity index (χ0) is 14.9. The highest BCUT2D eigenvalue weighted by atomic mass is 16.3. The lowest BCUT2D eigenvalue weighted by atomic mass is 9.96. The molecule has 0 saturated carbocycles. The van der Waals surface area contributed by atoms with Gasteiger partial charge in [-0.3, -0.25) is 0 Å². The lowest BCUT2D eigenvalue weighted by Gasteiger charge is -2.19. The molecule has 110 valence electrons. The summed E-state index contributed by atoms with van der Waals surface area (Å²) in [5.41, 5.74) is 3.64. The first kappa shape index (κ1) is 15.1. The summed E-state index contributed by atoms with van der Waals surface area (Å²) in [6.45, 7) is 14.2. The molecule has 1 N–H and O–H groups in total. The molecule has 1 aromatic carbocycles. The van der Waals surface area contributed by atoms with Crippen LogP contribution >= 0.6 is 0 Å². The van der Waals surface area contributed by atoms with E-state index in [-0.39, 0.29) is 6.04 Å². The van der Waals surface area contributed by atoms with E-state index in [1.54, 1.807) is 0 Å². The van der Waals surface area contributed by atoms with Crippen molar-refractivity contribution in [2.75, 3.05) is 6.54 Å². The van der Waals surface area contributed by atoms with Gasteiger partial charge in [-0.1, -0.05) is 46.8 Å². The molecule has 0 aliphatic rings. The molecule has 2 rings (SSSR count). The van der Waals surface area contributed by atoms with Gasteiger partial charge < -0.3 is 9.73 Å². The van der Waals surface area contributed by atoms with Crippen LogP contribution in [0.3, 0.4) is 0 Å². The Morgan fingerprint density at radius 3 is 2.40 bits per heavy atom. The third kappa shape index (κ3) is 2.76. The van der Waals surface area contributed by atoms with Crippen molar-refractivity contribution in [1.29, 1.82) is 0 Å². The highest BCUT2D eigenvalue weighted by molar-refractivity contribution is 5.85. The van der Waals surface area contributed by atoms with E-state index in [4.69, 9.17) is 4.42 Å². The topological polar surface area (TPSA) is 25.2 Å². The normalized spacial score (nSPS) is 13.6. The van der Waals surface area contributed by atoms with E-state index >= 15 is 0 Å². The molecule has 0 radical (unpaired) electrons. The number of benzene rings is 1. The maximum absolute atomic E-state index is 6.20. The molecule has 0 bridgehead atoms. The van der Waals surface area contributed by atoms with E-state index in [9.17, 15) is 0 Å². The molecule has 1 unspecified atom stereocenters. The van der Waals surface area contributed by atoms with Crippen molar-refractivity contribution in [3.05, 3.63) is 35.1 Å². The zero-order valence-corrected chi connectivity index (χ0v) is 13.6. The van der Waals surface area contributed by atoms with Crippen molar-refractivity contribution in [2.24, 2.45) is 5.92 Å². The van der Waals surface area contributed by atoms with Gasteiger partial charge in [0.25, 0.3) is 0 Å². The van der Waals surface area contributed by atoms with Gasteiger partial charge in [0, 0.05) is 5.39 Å². The third-order valence-electron chi connectivity index (χ3n) is 3.95. The summed E-state index contributed by atoms with van der Waals surface area (Å²) < 4.78 is 6.20.